The molecule has 1 aliphatic rings. The Balaban J connectivity index is 0.00000288. The fourth-order valence-corrected chi connectivity index (χ4v) is 3.24. The summed E-state index contributed by atoms with van der Waals surface area (Å²) in [5, 5.41) is 11.3. The number of ether oxygens (including phenoxy) is 1. The van der Waals surface area contributed by atoms with Crippen molar-refractivity contribution < 1.29 is 17.9 Å². The van der Waals surface area contributed by atoms with Gasteiger partial charge in [0.05, 0.1) is 17.6 Å². The van der Waals surface area contributed by atoms with Crippen LogP contribution in [0.4, 0.5) is 0 Å². The fourth-order valence-electron chi connectivity index (χ4n) is 2.70. The van der Waals surface area contributed by atoms with E-state index in [1.165, 1.54) is 25.3 Å². The number of carbonyl (C=O) groups is 1. The number of halogens is 1. The van der Waals surface area contributed by atoms with E-state index in [0.717, 1.165) is 32.4 Å². The van der Waals surface area contributed by atoms with Gasteiger partial charge in [-0.1, -0.05) is 0 Å². The van der Waals surface area contributed by atoms with Gasteiger partial charge in [-0.15, -0.1) is 12.4 Å². The smallest absolute Gasteiger partial charge is 0.255 e. The number of methoxy groups -OCH3 is 1. The fraction of sp³-hybridized carbons (Fsp3) is 0.533. The lowest BCUT2D eigenvalue weighted by Gasteiger charge is -2.22. The van der Waals surface area contributed by atoms with Gasteiger partial charge in [0.15, 0.2) is 0 Å². The molecule has 0 aromatic heterocycles. The summed E-state index contributed by atoms with van der Waals surface area (Å²) in [5.74, 6) is 0.507. The highest BCUT2D eigenvalue weighted by Gasteiger charge is 2.18. The van der Waals surface area contributed by atoms with Crippen LogP contribution >= 0.6 is 12.4 Å². The van der Waals surface area contributed by atoms with Crippen LogP contribution in [-0.2, 0) is 10.0 Å². The Bertz CT molecular complexity index is 661. The third-order valence-electron chi connectivity index (χ3n) is 3.98. The third kappa shape index (κ3) is 5.62. The minimum atomic E-state index is -3.87. The van der Waals surface area contributed by atoms with Crippen molar-refractivity contribution in [3.05, 3.63) is 23.8 Å². The lowest BCUT2D eigenvalue weighted by atomic mass is 9.96. The predicted octanol–water partition coefficient (Wildman–Crippen LogP) is 0.884. The van der Waals surface area contributed by atoms with E-state index in [-0.39, 0.29) is 28.8 Å². The van der Waals surface area contributed by atoms with Crippen molar-refractivity contribution in [2.75, 3.05) is 26.7 Å². The van der Waals surface area contributed by atoms with Crippen LogP contribution in [0.5, 0.6) is 5.75 Å². The van der Waals surface area contributed by atoms with Crippen LogP contribution in [0.15, 0.2) is 23.1 Å². The Kier molecular flexibility index (Phi) is 7.95. The van der Waals surface area contributed by atoms with E-state index in [9.17, 15) is 13.2 Å². The van der Waals surface area contributed by atoms with E-state index in [0.29, 0.717) is 18.2 Å². The molecule has 0 aliphatic carbocycles. The zero-order chi connectivity index (χ0) is 16.9. The number of hydrogen-bond donors (Lipinski definition) is 3. The first-order chi connectivity index (χ1) is 10.9. The number of piperidine rings is 1. The monoisotopic (exact) mass is 377 g/mol. The molecule has 1 amide bonds. The summed E-state index contributed by atoms with van der Waals surface area (Å²) in [7, 11) is -2.44. The molecule has 4 N–H and O–H groups in total. The minimum absolute atomic E-state index is 0. The summed E-state index contributed by atoms with van der Waals surface area (Å²) in [4.78, 5) is 12.2. The molecule has 1 saturated heterocycles. The van der Waals surface area contributed by atoms with E-state index in [1.54, 1.807) is 0 Å². The molecule has 1 aliphatic heterocycles. The summed E-state index contributed by atoms with van der Waals surface area (Å²) < 4.78 is 28.0. The van der Waals surface area contributed by atoms with E-state index in [2.05, 4.69) is 10.6 Å². The van der Waals surface area contributed by atoms with E-state index in [4.69, 9.17) is 9.88 Å². The number of sulfonamides is 1. The highest BCUT2D eigenvalue weighted by molar-refractivity contribution is 7.89. The average molecular weight is 378 g/mol. The standard InChI is InChI=1S/C15H23N3O4S.ClH/c1-22-14-5-4-12(23(16,20)21)9-13(14)15(19)18-8-6-11-3-2-7-17-10-11;/h4-5,9,11,17H,2-3,6-8,10H2,1H3,(H,18,19)(H2,16,20,21);1H. The van der Waals surface area contributed by atoms with Crippen LogP contribution in [0.25, 0.3) is 0 Å². The molecule has 7 nitrogen and oxygen atoms in total. The number of nitrogens with one attached hydrogen (secondary N) is 2. The van der Waals surface area contributed by atoms with Crippen LogP contribution in [0.1, 0.15) is 29.6 Å². The zero-order valence-corrected chi connectivity index (χ0v) is 15.2. The van der Waals surface area contributed by atoms with Crippen LogP contribution < -0.4 is 20.5 Å². The topological polar surface area (TPSA) is 111 Å². The zero-order valence-electron chi connectivity index (χ0n) is 13.6. The Morgan fingerprint density at radius 1 is 1.46 bits per heavy atom. The molecule has 1 atom stereocenters. The van der Waals surface area contributed by atoms with Crippen molar-refractivity contribution in [1.29, 1.82) is 0 Å². The number of hydrogen-bond acceptors (Lipinski definition) is 5. The number of amides is 1. The van der Waals surface area contributed by atoms with Crippen LogP contribution in [0.3, 0.4) is 0 Å². The molecule has 1 fully saturated rings. The van der Waals surface area contributed by atoms with Crippen molar-refractivity contribution in [2.45, 2.75) is 24.2 Å². The third-order valence-corrected chi connectivity index (χ3v) is 4.89. The predicted molar refractivity (Wildman–Crippen MR) is 94.2 cm³/mol. The Morgan fingerprint density at radius 3 is 2.79 bits per heavy atom. The van der Waals surface area contributed by atoms with Gasteiger partial charge in [0.2, 0.25) is 10.0 Å². The number of rotatable bonds is 6. The molecule has 1 aromatic carbocycles. The summed E-state index contributed by atoms with van der Waals surface area (Å²) >= 11 is 0. The molecule has 1 heterocycles. The second-order valence-corrected chi connectivity index (χ2v) is 7.23. The van der Waals surface area contributed by atoms with Crippen molar-refractivity contribution in [2.24, 2.45) is 11.1 Å². The quantitative estimate of drug-likeness (QED) is 0.681. The maximum atomic E-state index is 12.3. The molecule has 9 heteroatoms. The summed E-state index contributed by atoms with van der Waals surface area (Å²) in [6.07, 6.45) is 3.20. The molecule has 1 unspecified atom stereocenters. The normalized spacial score (nSPS) is 17.7. The molecule has 0 saturated carbocycles. The van der Waals surface area contributed by atoms with Gasteiger partial charge in [0, 0.05) is 6.54 Å². The summed E-state index contributed by atoms with van der Waals surface area (Å²) in [5.41, 5.74) is 0.167. The van der Waals surface area contributed by atoms with Gasteiger partial charge in [-0.2, -0.15) is 0 Å². The van der Waals surface area contributed by atoms with Gasteiger partial charge >= 0.3 is 0 Å². The molecular formula is C15H24ClN3O4S. The Hall–Kier alpha value is -1.35. The van der Waals surface area contributed by atoms with Gasteiger partial charge in [-0.3, -0.25) is 4.79 Å². The second kappa shape index (κ2) is 9.22. The van der Waals surface area contributed by atoms with E-state index >= 15 is 0 Å². The van der Waals surface area contributed by atoms with E-state index in [1.807, 2.05) is 0 Å². The first-order valence-corrected chi connectivity index (χ1v) is 9.16. The van der Waals surface area contributed by atoms with Gasteiger partial charge in [0.25, 0.3) is 5.91 Å². The van der Waals surface area contributed by atoms with Crippen LogP contribution in [0.2, 0.25) is 0 Å². The van der Waals surface area contributed by atoms with Crippen molar-refractivity contribution in [3.8, 4) is 5.75 Å². The highest BCUT2D eigenvalue weighted by Crippen LogP contribution is 2.22. The summed E-state index contributed by atoms with van der Waals surface area (Å²) in [6.45, 7) is 2.56. The Morgan fingerprint density at radius 2 is 2.21 bits per heavy atom. The highest BCUT2D eigenvalue weighted by atomic mass is 35.5. The first-order valence-electron chi connectivity index (χ1n) is 7.61. The maximum Gasteiger partial charge on any atom is 0.255 e. The average Bonchev–Trinajstić information content (AvgIpc) is 2.54. The molecular weight excluding hydrogens is 354 g/mol. The van der Waals surface area contributed by atoms with Crippen molar-refractivity contribution >= 4 is 28.3 Å². The number of benzene rings is 1. The molecule has 1 aromatic rings. The largest absolute Gasteiger partial charge is 0.496 e. The molecule has 0 radical (unpaired) electrons. The van der Waals surface area contributed by atoms with Crippen LogP contribution in [0, 0.1) is 5.92 Å². The van der Waals surface area contributed by atoms with Crippen molar-refractivity contribution in [1.82, 2.24) is 10.6 Å². The molecule has 136 valence electrons. The molecule has 0 bridgehead atoms. The van der Waals surface area contributed by atoms with E-state index < -0.39 is 10.0 Å². The summed E-state index contributed by atoms with van der Waals surface area (Å²) in [6, 6.07) is 3.99. The van der Waals surface area contributed by atoms with Gasteiger partial charge < -0.3 is 15.4 Å². The number of carbonyl (C=O) groups excluding carboxylic acids is 1. The van der Waals surface area contributed by atoms with Crippen molar-refractivity contribution in [3.63, 3.8) is 0 Å². The van der Waals surface area contributed by atoms with Gasteiger partial charge in [-0.05, 0) is 56.5 Å². The minimum Gasteiger partial charge on any atom is -0.496 e. The molecule has 2 rings (SSSR count). The lowest BCUT2D eigenvalue weighted by molar-refractivity contribution is 0.0947. The SMILES string of the molecule is COc1ccc(S(N)(=O)=O)cc1C(=O)NCCC1CCCNC1.Cl. The number of nitrogens with two attached hydrogens (primary N) is 1. The maximum absolute atomic E-state index is 12.3. The number of primary sulfonamides is 1. The lowest BCUT2D eigenvalue weighted by Crippen LogP contribution is -2.33. The Labute approximate surface area is 148 Å². The molecule has 24 heavy (non-hydrogen) atoms. The van der Waals surface area contributed by atoms with Gasteiger partial charge in [0.1, 0.15) is 5.75 Å². The van der Waals surface area contributed by atoms with Gasteiger partial charge in [-0.25, -0.2) is 13.6 Å². The second-order valence-electron chi connectivity index (χ2n) is 5.66. The first kappa shape index (κ1) is 20.7. The van der Waals surface area contributed by atoms with Crippen LogP contribution in [-0.4, -0.2) is 41.1 Å². The molecule has 0 spiro atoms.